The zero-order valence-electron chi connectivity index (χ0n) is 71.7. The van der Waals surface area contributed by atoms with Crippen molar-refractivity contribution < 1.29 is 106 Å². The van der Waals surface area contributed by atoms with Crippen LogP contribution in [0.25, 0.3) is 44.6 Å². The minimum atomic E-state index is -2.05. The van der Waals surface area contributed by atoms with Gasteiger partial charge in [0, 0.05) is 148 Å². The summed E-state index contributed by atoms with van der Waals surface area (Å²) in [6, 6.07) is 18.6. The Hall–Kier alpha value is -11.0. The van der Waals surface area contributed by atoms with Crippen molar-refractivity contribution in [2.45, 2.75) is 154 Å². The highest BCUT2D eigenvalue weighted by molar-refractivity contribution is 8.77. The standard InChI is InChI=1S/C87H107N13O24S4/c1-6-86(63-40-70-75-58(37-55-17-11-13-21-65(55)92-75)43-99(70)80(113)61(63)48-121-82(86)115)123-84(117)119-33-35-125-127-50-68(90-53(4)102)78(111)89-24-16-15-23-67(72(105)39-57(77(88)110)19-9-8-10-20-60(104)45-96-27-31-97(46-73(106)107)29-25-95(42-52(3)101)26-30-98(32-28-96)47-74(108)109)94-79(112)69(91-54(5)103)51-128-126-36-34-120-85(118)124-87(7-2)64-41-71-76-59(38-56-18-12-14-22-66(56)93-76)44-100(71)81(114)62(64)49-122-83(87)116/h11-14,17-18,21-22,37-38,40-41,57,67-69,101H,3,6-10,15-16,19-20,23-36,39,42-51H2,1-2,4-5H3,(H2,88,110)(H,89,111)(H,90,102)(H,91,103)(H,94,112)(H,106,107)(H,108,109)/t57-,67-,68+,69+,86-,87+/m0/s1. The van der Waals surface area contributed by atoms with Crippen LogP contribution in [0.1, 0.15) is 132 Å². The molecule has 0 bridgehead atoms. The fraction of sp³-hybridized carbons (Fsp3) is 0.506. The first-order valence-corrected chi connectivity index (χ1v) is 47.4. The fourth-order valence-electron chi connectivity index (χ4n) is 16.2. The molecule has 5 amide bonds. The van der Waals surface area contributed by atoms with E-state index >= 15 is 0 Å². The number of Topliss-reactive ketones (excluding diaryl/α,β-unsaturated/α-hetero) is 2. The predicted molar refractivity (Wildman–Crippen MR) is 477 cm³/mol. The molecule has 0 spiro atoms. The van der Waals surface area contributed by atoms with E-state index in [2.05, 4.69) is 27.8 Å². The topological polar surface area (TPSA) is 495 Å². The van der Waals surface area contributed by atoms with E-state index in [-0.39, 0.29) is 187 Å². The van der Waals surface area contributed by atoms with Crippen LogP contribution in [0.5, 0.6) is 0 Å². The van der Waals surface area contributed by atoms with Gasteiger partial charge in [0.15, 0.2) is 5.78 Å². The third-order valence-corrected chi connectivity index (χ3v) is 27.6. The molecule has 0 saturated carbocycles. The van der Waals surface area contributed by atoms with Gasteiger partial charge in [-0.25, -0.2) is 29.1 Å². The molecule has 9 heterocycles. The third-order valence-electron chi connectivity index (χ3n) is 22.8. The number of esters is 2. The van der Waals surface area contributed by atoms with Gasteiger partial charge in [0.05, 0.1) is 96.0 Å². The molecule has 41 heteroatoms. The molecule has 0 radical (unpaired) electrons. The number of rotatable bonds is 44. The zero-order valence-corrected chi connectivity index (χ0v) is 75.0. The van der Waals surface area contributed by atoms with Crippen LogP contribution in [0.3, 0.4) is 0 Å². The van der Waals surface area contributed by atoms with Crippen molar-refractivity contribution in [3.63, 3.8) is 0 Å². The minimum Gasteiger partial charge on any atom is -0.512 e. The van der Waals surface area contributed by atoms with Crippen LogP contribution in [0.15, 0.2) is 94.7 Å². The van der Waals surface area contributed by atoms with Crippen LogP contribution in [0.4, 0.5) is 9.59 Å². The smallest absolute Gasteiger partial charge is 0.509 e. The average Bonchev–Trinajstić information content (AvgIpc) is 1.54. The normalized spacial score (nSPS) is 17.9. The first-order chi connectivity index (χ1) is 61.4. The van der Waals surface area contributed by atoms with E-state index in [1.54, 1.807) is 44.9 Å². The number of carbonyl (C=O) groups excluding carboxylic acids is 11. The molecule has 9 N–H and O–H groups in total. The lowest BCUT2D eigenvalue weighted by atomic mass is 9.85. The molecule has 6 atom stereocenters. The highest BCUT2D eigenvalue weighted by Crippen LogP contribution is 2.44. The van der Waals surface area contributed by atoms with Gasteiger partial charge in [0.1, 0.15) is 44.3 Å². The van der Waals surface area contributed by atoms with Gasteiger partial charge in [-0.1, -0.05) is 113 Å². The molecule has 1 fully saturated rings. The summed E-state index contributed by atoms with van der Waals surface area (Å²) in [5, 5.41) is 42.0. The molecule has 5 aliphatic rings. The number of pyridine rings is 4. The van der Waals surface area contributed by atoms with Crippen molar-refractivity contribution >= 4 is 142 Å². The quantitative estimate of drug-likeness (QED) is 0.00705. The number of benzene rings is 2. The number of unbranched alkanes of at least 4 members (excludes halogenated alkanes) is 3. The number of carboxylic acids is 2. The van der Waals surface area contributed by atoms with Gasteiger partial charge < -0.3 is 79.9 Å². The van der Waals surface area contributed by atoms with Crippen LogP contribution in [-0.2, 0) is 119 Å². The number of carboxylic acid groups (broad SMARTS) is 2. The predicted octanol–water partition coefficient (Wildman–Crippen LogP) is 6.08. The number of nitrogens with zero attached hydrogens (tertiary/aromatic N) is 8. The van der Waals surface area contributed by atoms with E-state index in [1.165, 1.54) is 35.4 Å². The number of ether oxygens (including phenoxy) is 6. The summed E-state index contributed by atoms with van der Waals surface area (Å²) in [5.41, 5.74) is 6.66. The molecule has 1 saturated heterocycles. The molecule has 5 aliphatic heterocycles. The van der Waals surface area contributed by atoms with Crippen LogP contribution < -0.4 is 38.1 Å². The maximum absolute atomic E-state index is 14.6. The molecule has 2 aromatic carbocycles. The number of nitrogens with two attached hydrogens (primary N) is 1. The van der Waals surface area contributed by atoms with Crippen molar-refractivity contribution in [1.29, 1.82) is 0 Å². The molecule has 4 aromatic heterocycles. The summed E-state index contributed by atoms with van der Waals surface area (Å²) in [6.45, 7) is 10.6. The SMILES string of the molecule is C=C(O)CN1CCN(CC(=O)O)CCN(CC(=O)CCCCC[C@@H](CC(=O)[C@H](CCCCNC(=O)[C@@H](CSSCCOC(=O)O[C@]2(CC)C(=O)OCc3c2cc2n(c3=O)Cc3cc4ccccc4nc3-2)NC(C)=O)NC(=O)[C@@H](CSSCCOC(=O)O[C@@]2(CC)C(=O)OCc3c2cc2n(c3=O)Cc3cc4ccccc4nc3-2)NC(C)=O)C(N)=O)CCN(CC(=O)O)CC1. The van der Waals surface area contributed by atoms with Crippen molar-refractivity contribution in [2.75, 3.05) is 121 Å². The van der Waals surface area contributed by atoms with Gasteiger partial charge in [0.2, 0.25) is 40.7 Å². The molecule has 37 nitrogen and oxygen atoms in total. The summed E-state index contributed by atoms with van der Waals surface area (Å²) in [5.74, 6) is -8.73. The van der Waals surface area contributed by atoms with Crippen LogP contribution in [-0.4, -0.2) is 271 Å². The number of aliphatic carboxylic acids is 2. The lowest BCUT2D eigenvalue weighted by Crippen LogP contribution is -2.52. The number of ketones is 2. The minimum absolute atomic E-state index is 0.00914. The molecule has 128 heavy (non-hydrogen) atoms. The number of hydrogen-bond donors (Lipinski definition) is 8. The maximum atomic E-state index is 14.6. The van der Waals surface area contributed by atoms with Crippen molar-refractivity contribution in [3.05, 3.63) is 139 Å². The van der Waals surface area contributed by atoms with Crippen molar-refractivity contribution in [1.82, 2.24) is 60.0 Å². The number of carbonyl (C=O) groups is 13. The lowest BCUT2D eigenvalue weighted by molar-refractivity contribution is -0.175. The maximum Gasteiger partial charge on any atom is 0.509 e. The molecular formula is C87H107N13O24S4. The zero-order chi connectivity index (χ0) is 91.9. The Bertz CT molecular complexity index is 5290. The lowest BCUT2D eigenvalue weighted by Gasteiger charge is -2.35. The van der Waals surface area contributed by atoms with Crippen molar-refractivity contribution in [3.8, 4) is 22.8 Å². The summed E-state index contributed by atoms with van der Waals surface area (Å²) >= 11 is 0. The molecule has 0 unspecified atom stereocenters. The van der Waals surface area contributed by atoms with Crippen LogP contribution in [0, 0.1) is 5.92 Å². The van der Waals surface area contributed by atoms with Gasteiger partial charge in [-0.3, -0.25) is 72.3 Å². The van der Waals surface area contributed by atoms with Gasteiger partial charge in [-0.05, 0) is 81.3 Å². The van der Waals surface area contributed by atoms with E-state index in [4.69, 9.17) is 44.1 Å². The second kappa shape index (κ2) is 45.8. The van der Waals surface area contributed by atoms with E-state index in [0.717, 1.165) is 43.5 Å². The summed E-state index contributed by atoms with van der Waals surface area (Å²) in [7, 11) is 4.65. The van der Waals surface area contributed by atoms with E-state index in [1.807, 2.05) is 70.5 Å². The highest BCUT2D eigenvalue weighted by Gasteiger charge is 2.53. The van der Waals surface area contributed by atoms with E-state index < -0.39 is 124 Å². The van der Waals surface area contributed by atoms with Gasteiger partial charge in [0.25, 0.3) is 11.1 Å². The molecule has 6 aromatic rings. The third kappa shape index (κ3) is 25.3. The number of amides is 5. The second-order valence-electron chi connectivity index (χ2n) is 31.9. The molecule has 11 rings (SSSR count). The first kappa shape index (κ1) is 97.7. The Labute approximate surface area is 752 Å². The summed E-state index contributed by atoms with van der Waals surface area (Å²) in [6.07, 6.45) is -1.27. The fourth-order valence-corrected chi connectivity index (χ4v) is 20.2. The van der Waals surface area contributed by atoms with Crippen molar-refractivity contribution in [2.24, 2.45) is 11.7 Å². The number of cyclic esters (lactones) is 2. The van der Waals surface area contributed by atoms with Gasteiger partial charge in [-0.2, -0.15) is 0 Å². The first-order valence-electron chi connectivity index (χ1n) is 42.4. The van der Waals surface area contributed by atoms with Gasteiger partial charge >= 0.3 is 36.2 Å². The average molecular weight is 1850 g/mol. The summed E-state index contributed by atoms with van der Waals surface area (Å²) in [4.78, 5) is 218. The number of aromatic nitrogens is 4. The summed E-state index contributed by atoms with van der Waals surface area (Å²) < 4.78 is 36.6. The van der Waals surface area contributed by atoms with Crippen LogP contribution in [0.2, 0.25) is 0 Å². The van der Waals surface area contributed by atoms with Gasteiger partial charge in [-0.15, -0.1) is 0 Å². The number of para-hydroxylation sites is 2. The van der Waals surface area contributed by atoms with Crippen LogP contribution >= 0.6 is 43.2 Å². The number of nitrogens with one attached hydrogen (secondary N) is 4. The number of hydrogen-bond acceptors (Lipinski definition) is 32. The van der Waals surface area contributed by atoms with E-state index in [0.29, 0.717) is 92.3 Å². The number of primary amides is 1. The Morgan fingerprint density at radius 2 is 0.992 bits per heavy atom. The van der Waals surface area contributed by atoms with E-state index in [9.17, 15) is 87.2 Å². The number of aliphatic hydroxyl groups excluding tert-OH is 1. The second-order valence-corrected chi connectivity index (χ2v) is 37.1. The Morgan fingerprint density at radius 1 is 0.547 bits per heavy atom. The molecule has 688 valence electrons. The number of aliphatic hydroxyl groups is 1. The Morgan fingerprint density at radius 3 is 1.44 bits per heavy atom. The number of fused-ring (bicyclic) bond motifs is 10. The monoisotopic (exact) mass is 1850 g/mol. The largest absolute Gasteiger partial charge is 0.512 e. The highest BCUT2D eigenvalue weighted by atomic mass is 33.1. The molecule has 0 aliphatic carbocycles. The Kier molecular flexibility index (Phi) is 35.0. The Balaban J connectivity index is 0.678. The molecular weight excluding hydrogens is 1740 g/mol.